The standard InChI is InChI=1S/C21H27NO6/c1-6-26-19(25)16(21(5)27-9-10-28-21)12-22-17(23)14-8-7-13(20(2,3)4)11-15(14)18(22)24/h7-8,11,16H,6,9-10,12H2,1-5H3. The van der Waals surface area contributed by atoms with Crippen LogP contribution in [0.3, 0.4) is 0 Å². The highest BCUT2D eigenvalue weighted by Gasteiger charge is 2.49. The Bertz CT molecular complexity index is 804. The maximum absolute atomic E-state index is 13.0. The van der Waals surface area contributed by atoms with Crippen LogP contribution < -0.4 is 0 Å². The second-order valence-corrected chi connectivity index (χ2v) is 8.25. The summed E-state index contributed by atoms with van der Waals surface area (Å²) in [6, 6.07) is 5.31. The van der Waals surface area contributed by atoms with Crippen molar-refractivity contribution in [3.63, 3.8) is 0 Å². The van der Waals surface area contributed by atoms with Gasteiger partial charge in [0.2, 0.25) is 0 Å². The molecule has 1 fully saturated rings. The quantitative estimate of drug-likeness (QED) is 0.569. The van der Waals surface area contributed by atoms with E-state index in [2.05, 4.69) is 0 Å². The summed E-state index contributed by atoms with van der Waals surface area (Å²) in [5.41, 5.74) is 1.52. The van der Waals surface area contributed by atoms with Gasteiger partial charge in [-0.15, -0.1) is 0 Å². The number of amides is 2. The first-order valence-corrected chi connectivity index (χ1v) is 9.53. The van der Waals surface area contributed by atoms with Crippen LogP contribution in [0.5, 0.6) is 0 Å². The number of hydrogen-bond donors (Lipinski definition) is 0. The van der Waals surface area contributed by atoms with Crippen LogP contribution in [0.1, 0.15) is 60.9 Å². The van der Waals surface area contributed by atoms with Gasteiger partial charge in [-0.3, -0.25) is 19.3 Å². The Morgan fingerprint density at radius 1 is 1.18 bits per heavy atom. The Kier molecular flexibility index (Phi) is 5.34. The smallest absolute Gasteiger partial charge is 0.316 e. The van der Waals surface area contributed by atoms with E-state index in [1.807, 2.05) is 26.8 Å². The zero-order valence-electron chi connectivity index (χ0n) is 17.0. The van der Waals surface area contributed by atoms with E-state index in [0.29, 0.717) is 24.3 Å². The average molecular weight is 389 g/mol. The molecule has 0 aromatic heterocycles. The monoisotopic (exact) mass is 389 g/mol. The fourth-order valence-electron chi connectivity index (χ4n) is 3.53. The molecule has 3 rings (SSSR count). The number of esters is 1. The molecule has 2 aliphatic rings. The van der Waals surface area contributed by atoms with Crippen molar-refractivity contribution in [2.45, 2.75) is 45.8 Å². The molecule has 0 spiro atoms. The lowest BCUT2D eigenvalue weighted by Crippen LogP contribution is -2.49. The molecule has 1 aromatic carbocycles. The molecule has 1 aromatic rings. The summed E-state index contributed by atoms with van der Waals surface area (Å²) in [6.07, 6.45) is 0. The third-order valence-electron chi connectivity index (χ3n) is 5.27. The Balaban J connectivity index is 1.91. The predicted molar refractivity (Wildman–Crippen MR) is 101 cm³/mol. The maximum atomic E-state index is 13.0. The van der Waals surface area contributed by atoms with Crippen LogP contribution >= 0.6 is 0 Å². The summed E-state index contributed by atoms with van der Waals surface area (Å²) in [6.45, 7) is 10.2. The van der Waals surface area contributed by atoms with Gasteiger partial charge < -0.3 is 14.2 Å². The summed E-state index contributed by atoms with van der Waals surface area (Å²) in [5.74, 6) is -3.56. The van der Waals surface area contributed by atoms with E-state index in [0.717, 1.165) is 10.5 Å². The number of ether oxygens (including phenoxy) is 3. The van der Waals surface area contributed by atoms with Crippen LogP contribution in [0, 0.1) is 5.92 Å². The second-order valence-electron chi connectivity index (χ2n) is 8.25. The van der Waals surface area contributed by atoms with E-state index in [4.69, 9.17) is 14.2 Å². The normalized spacial score (nSPS) is 19.7. The van der Waals surface area contributed by atoms with Crippen LogP contribution in [0.25, 0.3) is 0 Å². The minimum Gasteiger partial charge on any atom is -0.466 e. The van der Waals surface area contributed by atoms with Gasteiger partial charge in [-0.1, -0.05) is 26.8 Å². The lowest BCUT2D eigenvalue weighted by atomic mass is 9.85. The summed E-state index contributed by atoms with van der Waals surface area (Å²) in [5, 5.41) is 0. The number of imide groups is 1. The highest BCUT2D eigenvalue weighted by Crippen LogP contribution is 2.34. The molecule has 2 aliphatic heterocycles. The van der Waals surface area contributed by atoms with Crippen LogP contribution in [-0.4, -0.2) is 54.8 Å². The maximum Gasteiger partial charge on any atom is 0.316 e. The van der Waals surface area contributed by atoms with Crippen molar-refractivity contribution >= 4 is 17.8 Å². The molecule has 1 atom stereocenters. The van der Waals surface area contributed by atoms with E-state index in [9.17, 15) is 14.4 Å². The highest BCUT2D eigenvalue weighted by molar-refractivity contribution is 6.21. The van der Waals surface area contributed by atoms with Crippen LogP contribution in [-0.2, 0) is 24.4 Å². The number of rotatable bonds is 5. The molecule has 2 amide bonds. The molecule has 1 unspecified atom stereocenters. The first-order chi connectivity index (χ1) is 13.1. The van der Waals surface area contributed by atoms with E-state index >= 15 is 0 Å². The molecule has 0 N–H and O–H groups in total. The fraction of sp³-hybridized carbons (Fsp3) is 0.571. The van der Waals surface area contributed by atoms with Gasteiger partial charge in [-0.2, -0.15) is 0 Å². The fourth-order valence-corrected chi connectivity index (χ4v) is 3.53. The van der Waals surface area contributed by atoms with Gasteiger partial charge in [0.05, 0.1) is 30.9 Å². The topological polar surface area (TPSA) is 82.1 Å². The number of carbonyl (C=O) groups excluding carboxylic acids is 3. The molecule has 152 valence electrons. The van der Waals surface area contributed by atoms with Gasteiger partial charge in [-0.25, -0.2) is 0 Å². The Labute approximate surface area is 164 Å². The summed E-state index contributed by atoms with van der Waals surface area (Å²) < 4.78 is 16.4. The lowest BCUT2D eigenvalue weighted by molar-refractivity contribution is -0.201. The summed E-state index contributed by atoms with van der Waals surface area (Å²) in [4.78, 5) is 39.5. The van der Waals surface area contributed by atoms with Crippen molar-refractivity contribution in [2.75, 3.05) is 26.4 Å². The van der Waals surface area contributed by atoms with Crippen molar-refractivity contribution < 1.29 is 28.6 Å². The zero-order valence-corrected chi connectivity index (χ0v) is 17.0. The molecule has 0 saturated carbocycles. The van der Waals surface area contributed by atoms with E-state index in [-0.39, 0.29) is 18.6 Å². The number of benzene rings is 1. The molecule has 1 saturated heterocycles. The Morgan fingerprint density at radius 3 is 2.36 bits per heavy atom. The highest BCUT2D eigenvalue weighted by atomic mass is 16.7. The number of nitrogens with zero attached hydrogens (tertiary/aromatic N) is 1. The Morgan fingerprint density at radius 2 is 1.79 bits per heavy atom. The van der Waals surface area contributed by atoms with E-state index in [1.165, 1.54) is 0 Å². The molecule has 2 heterocycles. The third-order valence-corrected chi connectivity index (χ3v) is 5.27. The largest absolute Gasteiger partial charge is 0.466 e. The average Bonchev–Trinajstić information content (AvgIpc) is 3.16. The van der Waals surface area contributed by atoms with E-state index in [1.54, 1.807) is 26.0 Å². The zero-order chi connectivity index (χ0) is 20.7. The number of hydrogen-bond acceptors (Lipinski definition) is 6. The molecule has 28 heavy (non-hydrogen) atoms. The molecule has 0 bridgehead atoms. The SMILES string of the molecule is CCOC(=O)C(CN1C(=O)c2ccc(C(C)(C)C)cc2C1=O)C1(C)OCCO1. The predicted octanol–water partition coefficient (Wildman–Crippen LogP) is 2.52. The minimum absolute atomic E-state index is 0.155. The van der Waals surface area contributed by atoms with Crippen molar-refractivity contribution in [2.24, 2.45) is 5.92 Å². The minimum atomic E-state index is -1.24. The van der Waals surface area contributed by atoms with Crippen LogP contribution in [0.2, 0.25) is 0 Å². The first kappa shape index (κ1) is 20.5. The first-order valence-electron chi connectivity index (χ1n) is 9.53. The summed E-state index contributed by atoms with van der Waals surface area (Å²) >= 11 is 0. The lowest BCUT2D eigenvalue weighted by Gasteiger charge is -2.32. The van der Waals surface area contributed by atoms with E-state index < -0.39 is 29.5 Å². The molecule has 0 radical (unpaired) electrons. The Hall–Kier alpha value is -2.25. The van der Waals surface area contributed by atoms with Crippen LogP contribution in [0.4, 0.5) is 0 Å². The van der Waals surface area contributed by atoms with Crippen molar-refractivity contribution in [1.82, 2.24) is 4.90 Å². The van der Waals surface area contributed by atoms with Gasteiger partial charge in [0, 0.05) is 6.54 Å². The summed E-state index contributed by atoms with van der Waals surface area (Å²) in [7, 11) is 0. The molecule has 0 aliphatic carbocycles. The molecular formula is C21H27NO6. The van der Waals surface area contributed by atoms with Crippen molar-refractivity contribution in [3.8, 4) is 0 Å². The van der Waals surface area contributed by atoms with Gasteiger partial charge >= 0.3 is 5.97 Å². The molecule has 7 heteroatoms. The van der Waals surface area contributed by atoms with Gasteiger partial charge in [0.25, 0.3) is 11.8 Å². The van der Waals surface area contributed by atoms with Gasteiger partial charge in [0.15, 0.2) is 5.79 Å². The molecule has 7 nitrogen and oxygen atoms in total. The number of fused-ring (bicyclic) bond motifs is 1. The molecular weight excluding hydrogens is 362 g/mol. The third kappa shape index (κ3) is 3.56. The van der Waals surface area contributed by atoms with Gasteiger partial charge in [0.1, 0.15) is 5.92 Å². The van der Waals surface area contributed by atoms with Gasteiger partial charge in [-0.05, 0) is 37.0 Å². The number of carbonyl (C=O) groups is 3. The van der Waals surface area contributed by atoms with Crippen molar-refractivity contribution in [3.05, 3.63) is 34.9 Å². The van der Waals surface area contributed by atoms with Crippen LogP contribution in [0.15, 0.2) is 18.2 Å². The van der Waals surface area contributed by atoms with Crippen molar-refractivity contribution in [1.29, 1.82) is 0 Å². The second kappa shape index (κ2) is 7.29.